The van der Waals surface area contributed by atoms with Gasteiger partial charge in [-0.25, -0.2) is 4.79 Å². The highest BCUT2D eigenvalue weighted by atomic mass is 16.5. The fraction of sp³-hybridized carbons (Fsp3) is 0.263. The standard InChI is InChI=1S/C19H19NO4/c1-11-4-3-5-16(12(11)2)17(19(22)23)20-18(21)13-6-7-14-9-24-10-15(14)8-13/h3-8,17H,9-10H2,1-2H3,(H,20,21)(H,22,23). The van der Waals surface area contributed by atoms with Crippen molar-refractivity contribution in [3.8, 4) is 0 Å². The van der Waals surface area contributed by atoms with E-state index >= 15 is 0 Å². The summed E-state index contributed by atoms with van der Waals surface area (Å²) in [6, 6.07) is 9.68. The van der Waals surface area contributed by atoms with Crippen LogP contribution in [0.2, 0.25) is 0 Å². The van der Waals surface area contributed by atoms with Gasteiger partial charge in [0.1, 0.15) is 0 Å². The topological polar surface area (TPSA) is 75.6 Å². The lowest BCUT2D eigenvalue weighted by atomic mass is 9.97. The van der Waals surface area contributed by atoms with Gasteiger partial charge in [-0.2, -0.15) is 0 Å². The molecule has 1 amide bonds. The number of nitrogens with one attached hydrogen (secondary N) is 1. The number of carboxylic acids is 1. The zero-order valence-electron chi connectivity index (χ0n) is 13.6. The van der Waals surface area contributed by atoms with E-state index in [1.54, 1.807) is 24.3 Å². The molecule has 0 fully saturated rings. The Hall–Kier alpha value is -2.66. The van der Waals surface area contributed by atoms with Gasteiger partial charge in [0, 0.05) is 5.56 Å². The molecule has 0 aromatic heterocycles. The van der Waals surface area contributed by atoms with Gasteiger partial charge in [-0.1, -0.05) is 24.3 Å². The van der Waals surface area contributed by atoms with Crippen LogP contribution in [0.15, 0.2) is 36.4 Å². The second kappa shape index (κ2) is 6.45. The van der Waals surface area contributed by atoms with Gasteiger partial charge in [0.25, 0.3) is 5.91 Å². The Morgan fingerprint density at radius 2 is 1.88 bits per heavy atom. The predicted molar refractivity (Wildman–Crippen MR) is 88.7 cm³/mol. The Bertz CT molecular complexity index is 813. The number of aliphatic carboxylic acids is 1. The molecule has 24 heavy (non-hydrogen) atoms. The largest absolute Gasteiger partial charge is 0.479 e. The molecular weight excluding hydrogens is 306 g/mol. The third kappa shape index (κ3) is 3.03. The van der Waals surface area contributed by atoms with Crippen molar-refractivity contribution in [1.29, 1.82) is 0 Å². The third-order valence-electron chi connectivity index (χ3n) is 4.46. The van der Waals surface area contributed by atoms with Crippen LogP contribution in [0.25, 0.3) is 0 Å². The van der Waals surface area contributed by atoms with Crippen LogP contribution >= 0.6 is 0 Å². The van der Waals surface area contributed by atoms with Crippen LogP contribution in [0.3, 0.4) is 0 Å². The first kappa shape index (κ1) is 16.2. The molecule has 0 spiro atoms. The average molecular weight is 325 g/mol. The van der Waals surface area contributed by atoms with E-state index in [1.807, 2.05) is 26.0 Å². The zero-order valence-corrected chi connectivity index (χ0v) is 13.6. The fourth-order valence-electron chi connectivity index (χ4n) is 2.89. The van der Waals surface area contributed by atoms with Crippen LogP contribution in [-0.4, -0.2) is 17.0 Å². The minimum absolute atomic E-state index is 0.405. The summed E-state index contributed by atoms with van der Waals surface area (Å²) in [5, 5.41) is 12.2. The molecule has 1 heterocycles. The number of hydrogen-bond donors (Lipinski definition) is 2. The van der Waals surface area contributed by atoms with Gasteiger partial charge in [0.15, 0.2) is 6.04 Å². The molecule has 0 saturated heterocycles. The van der Waals surface area contributed by atoms with Crippen LogP contribution < -0.4 is 5.32 Å². The van der Waals surface area contributed by atoms with E-state index in [-0.39, 0.29) is 0 Å². The first-order valence-corrected chi connectivity index (χ1v) is 7.76. The van der Waals surface area contributed by atoms with E-state index in [0.717, 1.165) is 22.3 Å². The van der Waals surface area contributed by atoms with Crippen molar-refractivity contribution in [3.63, 3.8) is 0 Å². The summed E-state index contributed by atoms with van der Waals surface area (Å²) < 4.78 is 5.34. The SMILES string of the molecule is Cc1cccc(C(NC(=O)c2ccc3c(c2)COC3)C(=O)O)c1C. The molecule has 1 aliphatic rings. The second-order valence-corrected chi connectivity index (χ2v) is 6.01. The Kier molecular flexibility index (Phi) is 4.36. The first-order valence-electron chi connectivity index (χ1n) is 7.76. The van der Waals surface area contributed by atoms with Gasteiger partial charge in [0.05, 0.1) is 13.2 Å². The number of carboxylic acid groups (broad SMARTS) is 1. The zero-order chi connectivity index (χ0) is 17.3. The lowest BCUT2D eigenvalue weighted by Crippen LogP contribution is -2.34. The van der Waals surface area contributed by atoms with E-state index in [9.17, 15) is 14.7 Å². The Morgan fingerprint density at radius 3 is 2.62 bits per heavy atom. The fourth-order valence-corrected chi connectivity index (χ4v) is 2.89. The summed E-state index contributed by atoms with van der Waals surface area (Å²) in [7, 11) is 0. The number of carbonyl (C=O) groups excluding carboxylic acids is 1. The van der Waals surface area contributed by atoms with Gasteiger partial charge in [0.2, 0.25) is 0 Å². The van der Waals surface area contributed by atoms with Crippen molar-refractivity contribution in [2.45, 2.75) is 33.1 Å². The normalized spacial score (nSPS) is 14.1. The highest BCUT2D eigenvalue weighted by Crippen LogP contribution is 2.23. The Balaban J connectivity index is 1.87. The highest BCUT2D eigenvalue weighted by Gasteiger charge is 2.25. The number of benzene rings is 2. The van der Waals surface area contributed by atoms with Crippen molar-refractivity contribution in [3.05, 3.63) is 69.8 Å². The quantitative estimate of drug-likeness (QED) is 0.906. The molecule has 1 atom stereocenters. The predicted octanol–water partition coefficient (Wildman–Crippen LogP) is 2.89. The summed E-state index contributed by atoms with van der Waals surface area (Å²) in [4.78, 5) is 24.2. The number of ether oxygens (including phenoxy) is 1. The maximum Gasteiger partial charge on any atom is 0.330 e. The molecule has 3 rings (SSSR count). The van der Waals surface area contributed by atoms with Gasteiger partial charge in [-0.3, -0.25) is 4.79 Å². The summed E-state index contributed by atoms with van der Waals surface area (Å²) in [5.41, 5.74) is 4.93. The molecule has 2 aromatic rings. The summed E-state index contributed by atoms with van der Waals surface area (Å²) in [6.07, 6.45) is 0. The Morgan fingerprint density at radius 1 is 1.12 bits per heavy atom. The second-order valence-electron chi connectivity index (χ2n) is 6.01. The summed E-state index contributed by atoms with van der Waals surface area (Å²) in [5.74, 6) is -1.49. The van der Waals surface area contributed by atoms with Crippen molar-refractivity contribution in [2.75, 3.05) is 0 Å². The van der Waals surface area contributed by atoms with Gasteiger partial charge < -0.3 is 15.2 Å². The van der Waals surface area contributed by atoms with E-state index in [4.69, 9.17) is 4.74 Å². The minimum Gasteiger partial charge on any atom is -0.479 e. The molecule has 0 saturated carbocycles. The summed E-state index contributed by atoms with van der Waals surface area (Å²) >= 11 is 0. The molecule has 2 aromatic carbocycles. The van der Waals surface area contributed by atoms with Crippen molar-refractivity contribution < 1.29 is 19.4 Å². The molecule has 0 radical (unpaired) electrons. The molecule has 0 bridgehead atoms. The molecule has 0 aliphatic carbocycles. The van der Waals surface area contributed by atoms with E-state index in [0.29, 0.717) is 24.3 Å². The third-order valence-corrected chi connectivity index (χ3v) is 4.46. The summed E-state index contributed by atoms with van der Waals surface area (Å²) in [6.45, 7) is 4.81. The number of hydrogen-bond acceptors (Lipinski definition) is 3. The smallest absolute Gasteiger partial charge is 0.330 e. The van der Waals surface area contributed by atoms with Crippen LogP contribution in [0.1, 0.15) is 44.2 Å². The van der Waals surface area contributed by atoms with Crippen LogP contribution in [0.4, 0.5) is 0 Å². The van der Waals surface area contributed by atoms with Crippen LogP contribution in [-0.2, 0) is 22.7 Å². The molecule has 124 valence electrons. The number of amides is 1. The maximum absolute atomic E-state index is 12.5. The van der Waals surface area contributed by atoms with Crippen molar-refractivity contribution in [1.82, 2.24) is 5.32 Å². The van der Waals surface area contributed by atoms with Crippen molar-refractivity contribution in [2.24, 2.45) is 0 Å². The number of rotatable bonds is 4. The highest BCUT2D eigenvalue weighted by molar-refractivity contribution is 5.97. The molecule has 1 aliphatic heterocycles. The van der Waals surface area contributed by atoms with Crippen LogP contribution in [0, 0.1) is 13.8 Å². The monoisotopic (exact) mass is 325 g/mol. The minimum atomic E-state index is -1.08. The van der Waals surface area contributed by atoms with Gasteiger partial charge >= 0.3 is 5.97 Å². The van der Waals surface area contributed by atoms with Crippen LogP contribution in [0.5, 0.6) is 0 Å². The number of aryl methyl sites for hydroxylation is 1. The lowest BCUT2D eigenvalue weighted by Gasteiger charge is -2.18. The molecule has 5 nitrogen and oxygen atoms in total. The van der Waals surface area contributed by atoms with E-state index in [1.165, 1.54) is 0 Å². The molecule has 1 unspecified atom stereocenters. The first-order chi connectivity index (χ1) is 11.5. The maximum atomic E-state index is 12.5. The van der Waals surface area contributed by atoms with Gasteiger partial charge in [-0.15, -0.1) is 0 Å². The molecule has 5 heteroatoms. The van der Waals surface area contributed by atoms with Crippen molar-refractivity contribution >= 4 is 11.9 Å². The molecular formula is C19H19NO4. The van der Waals surface area contributed by atoms with Gasteiger partial charge in [-0.05, 0) is 53.8 Å². The lowest BCUT2D eigenvalue weighted by molar-refractivity contribution is -0.139. The Labute approximate surface area is 140 Å². The number of carbonyl (C=O) groups is 2. The van der Waals surface area contributed by atoms with E-state index < -0.39 is 17.9 Å². The number of fused-ring (bicyclic) bond motifs is 1. The molecule has 2 N–H and O–H groups in total. The van der Waals surface area contributed by atoms with E-state index in [2.05, 4.69) is 5.32 Å². The average Bonchev–Trinajstić information content (AvgIpc) is 3.02.